The Morgan fingerprint density at radius 3 is 2.02 bits per heavy atom. The van der Waals surface area contributed by atoms with E-state index in [4.69, 9.17) is 34.8 Å². The number of benzene rings is 2. The fourth-order valence-electron chi connectivity index (χ4n) is 9.20. The minimum atomic E-state index is -1.09. The van der Waals surface area contributed by atoms with Crippen molar-refractivity contribution >= 4 is 92.2 Å². The second-order valence-corrected chi connectivity index (χ2v) is 22.9. The van der Waals surface area contributed by atoms with E-state index < -0.39 is 53.8 Å². The van der Waals surface area contributed by atoms with E-state index in [0.29, 0.717) is 73.3 Å². The zero-order valence-electron chi connectivity index (χ0n) is 42.4. The highest BCUT2D eigenvalue weighted by atomic mass is 32.1. The van der Waals surface area contributed by atoms with Crippen LogP contribution in [0, 0.1) is 6.92 Å². The molecule has 0 saturated carbocycles. The molecule has 21 nitrogen and oxygen atoms in total. The van der Waals surface area contributed by atoms with Crippen LogP contribution in [-0.4, -0.2) is 99.6 Å². The van der Waals surface area contributed by atoms with Gasteiger partial charge in [-0.3, -0.25) is 24.0 Å². The SMILES string of the molecule is CCOC(=O)c1csc(-c2ccc3c(n2)-c2csc(n2)-c2csc(n2)[C@@H]2CCCN2C(=O)[C@H](Cc2ccc(O)cc2)NC(=O)c2csc(n2)[C@H](Cc2ccccc2)NC(=O)c2csc(n2)[C@H](CC(N)=O)NC(=O)c2nc-3oc2C)n1. The van der Waals surface area contributed by atoms with Crippen molar-refractivity contribution < 1.29 is 43.0 Å². The van der Waals surface area contributed by atoms with Crippen molar-refractivity contribution in [2.75, 3.05) is 13.2 Å². The van der Waals surface area contributed by atoms with E-state index in [1.165, 1.54) is 62.9 Å². The zero-order chi connectivity index (χ0) is 55.6. The number of aryl methyl sites for hydroxylation is 1. The molecule has 0 spiro atoms. The summed E-state index contributed by atoms with van der Waals surface area (Å²) in [7, 11) is 0. The third-order valence-corrected chi connectivity index (χ3v) is 17.6. The summed E-state index contributed by atoms with van der Waals surface area (Å²) in [5.74, 6) is -3.37. The number of ether oxygens (including phenoxy) is 1. The molecule has 0 aliphatic carbocycles. The molecule has 406 valence electrons. The Labute approximate surface area is 475 Å². The van der Waals surface area contributed by atoms with E-state index in [-0.39, 0.29) is 77.0 Å². The molecule has 2 aromatic carbocycles. The number of hydrogen-bond donors (Lipinski definition) is 5. The number of fused-ring (bicyclic) bond motifs is 16. The van der Waals surface area contributed by atoms with E-state index in [1.54, 1.807) is 59.2 Å². The number of nitrogens with two attached hydrogens (primary N) is 1. The van der Waals surface area contributed by atoms with Gasteiger partial charge in [0.15, 0.2) is 11.4 Å². The average molecular weight is 1170 g/mol. The lowest BCUT2D eigenvalue weighted by Crippen LogP contribution is -2.49. The number of pyridine rings is 1. The highest BCUT2D eigenvalue weighted by Crippen LogP contribution is 2.40. The van der Waals surface area contributed by atoms with Crippen LogP contribution >= 0.6 is 56.7 Å². The summed E-state index contributed by atoms with van der Waals surface area (Å²) in [6.45, 7) is 3.85. The predicted octanol–water partition coefficient (Wildman–Crippen LogP) is 8.29. The molecule has 4 atom stereocenters. The number of rotatable bonds is 9. The van der Waals surface area contributed by atoms with Gasteiger partial charge >= 0.3 is 5.97 Å². The number of hydrogen-bond acceptors (Lipinski definition) is 21. The smallest absolute Gasteiger partial charge is 0.357 e. The van der Waals surface area contributed by atoms with Gasteiger partial charge in [-0.05, 0) is 68.5 Å². The summed E-state index contributed by atoms with van der Waals surface area (Å²) in [5.41, 5.74) is 9.33. The maximum Gasteiger partial charge on any atom is 0.357 e. The highest BCUT2D eigenvalue weighted by molar-refractivity contribution is 7.14. The van der Waals surface area contributed by atoms with E-state index in [9.17, 15) is 33.9 Å². The molecule has 2 aliphatic rings. The maximum absolute atomic E-state index is 14.9. The van der Waals surface area contributed by atoms with Gasteiger partial charge in [-0.2, -0.15) is 0 Å². The Morgan fingerprint density at radius 2 is 1.29 bits per heavy atom. The van der Waals surface area contributed by atoms with E-state index in [1.807, 2.05) is 35.7 Å². The van der Waals surface area contributed by atoms with Crippen LogP contribution in [0.4, 0.5) is 0 Å². The first kappa shape index (κ1) is 53.6. The summed E-state index contributed by atoms with van der Waals surface area (Å²) in [4.78, 5) is 118. The molecule has 2 aliphatic heterocycles. The molecular formula is C54H46N12O9S5. The van der Waals surface area contributed by atoms with Crippen LogP contribution in [0.1, 0.15) is 118 Å². The fraction of sp³-hybridized carbons (Fsp3) is 0.241. The second-order valence-electron chi connectivity index (χ2n) is 18.5. The van der Waals surface area contributed by atoms with Crippen molar-refractivity contribution in [1.82, 2.24) is 55.7 Å². The molecule has 1 fully saturated rings. The molecule has 10 bridgehead atoms. The minimum Gasteiger partial charge on any atom is -0.508 e. The van der Waals surface area contributed by atoms with E-state index in [2.05, 4.69) is 30.9 Å². The van der Waals surface area contributed by atoms with Gasteiger partial charge in [-0.25, -0.2) is 39.7 Å². The van der Waals surface area contributed by atoms with E-state index in [0.717, 1.165) is 16.9 Å². The Hall–Kier alpha value is -8.43. The van der Waals surface area contributed by atoms with Crippen molar-refractivity contribution in [1.29, 1.82) is 0 Å². The van der Waals surface area contributed by atoms with Crippen molar-refractivity contribution in [3.8, 4) is 50.0 Å². The molecule has 26 heteroatoms. The molecule has 11 rings (SSSR count). The number of phenols is 1. The minimum absolute atomic E-state index is 0.0154. The summed E-state index contributed by atoms with van der Waals surface area (Å²) in [6.07, 6.45) is 1.31. The number of oxazole rings is 1. The summed E-state index contributed by atoms with van der Waals surface area (Å²) in [6, 6.07) is 15.9. The molecule has 5 amide bonds. The molecular weight excluding hydrogens is 1120 g/mol. The number of primary amides is 1. The first-order chi connectivity index (χ1) is 38.7. The van der Waals surface area contributed by atoms with Crippen LogP contribution in [0.25, 0.3) is 44.2 Å². The zero-order valence-corrected chi connectivity index (χ0v) is 46.5. The number of carbonyl (C=O) groups is 6. The van der Waals surface area contributed by atoms with E-state index >= 15 is 0 Å². The van der Waals surface area contributed by atoms with Gasteiger partial charge in [0, 0.05) is 39.9 Å². The van der Waals surface area contributed by atoms with Crippen molar-refractivity contribution in [2.45, 2.75) is 70.1 Å². The molecule has 0 radical (unpaired) electrons. The van der Waals surface area contributed by atoms with Gasteiger partial charge in [-0.15, -0.1) is 56.7 Å². The summed E-state index contributed by atoms with van der Waals surface area (Å²) >= 11 is 6.09. The fourth-order valence-corrected chi connectivity index (χ4v) is 13.4. The molecule has 9 heterocycles. The van der Waals surface area contributed by atoms with Crippen LogP contribution in [0.15, 0.2) is 98.0 Å². The monoisotopic (exact) mass is 1170 g/mol. The van der Waals surface area contributed by atoms with Gasteiger partial charge in [0.05, 0.1) is 42.4 Å². The number of carbonyl (C=O) groups excluding carboxylic acids is 6. The van der Waals surface area contributed by atoms with Gasteiger partial charge in [0.25, 0.3) is 17.7 Å². The Balaban J connectivity index is 0.996. The number of aromatic nitrogens is 7. The quantitative estimate of drug-likeness (QED) is 0.0849. The second kappa shape index (κ2) is 23.1. The molecule has 6 N–H and O–H groups in total. The van der Waals surface area contributed by atoms with Crippen molar-refractivity contribution in [3.63, 3.8) is 0 Å². The topological polar surface area (TPSA) is 301 Å². The van der Waals surface area contributed by atoms with Gasteiger partial charge in [0.1, 0.15) is 71.1 Å². The molecule has 1 saturated heterocycles. The Bertz CT molecular complexity index is 3810. The number of nitrogens with one attached hydrogen (secondary N) is 3. The number of phenolic OH excluding ortho intramolecular Hbond substituents is 1. The third-order valence-electron chi connectivity index (χ3n) is 13.0. The van der Waals surface area contributed by atoms with Gasteiger partial charge < -0.3 is 40.8 Å². The lowest BCUT2D eigenvalue weighted by atomic mass is 10.0. The van der Waals surface area contributed by atoms with Crippen molar-refractivity contribution in [2.24, 2.45) is 5.73 Å². The third kappa shape index (κ3) is 11.5. The highest BCUT2D eigenvalue weighted by Gasteiger charge is 2.38. The van der Waals surface area contributed by atoms with Crippen LogP contribution in [0.3, 0.4) is 0 Å². The number of esters is 1. The normalized spacial score (nSPS) is 17.8. The molecule has 80 heavy (non-hydrogen) atoms. The van der Waals surface area contributed by atoms with Crippen LogP contribution in [-0.2, 0) is 27.2 Å². The summed E-state index contributed by atoms with van der Waals surface area (Å²) in [5, 5.41) is 29.5. The molecule has 7 aromatic heterocycles. The molecule has 0 unspecified atom stereocenters. The number of aromatic hydroxyl groups is 1. The van der Waals surface area contributed by atoms with Gasteiger partial charge in [0.2, 0.25) is 17.7 Å². The molecule has 9 aromatic rings. The van der Waals surface area contributed by atoms with Crippen LogP contribution in [0.5, 0.6) is 5.75 Å². The lowest BCUT2D eigenvalue weighted by molar-refractivity contribution is -0.134. The van der Waals surface area contributed by atoms with Crippen LogP contribution < -0.4 is 21.7 Å². The number of nitrogens with zero attached hydrogens (tertiary/aromatic N) is 8. The average Bonchev–Trinajstić information content (AvgIpc) is 4.37. The first-order valence-electron chi connectivity index (χ1n) is 25.0. The van der Waals surface area contributed by atoms with Gasteiger partial charge in [-0.1, -0.05) is 42.5 Å². The summed E-state index contributed by atoms with van der Waals surface area (Å²) < 4.78 is 11.4. The predicted molar refractivity (Wildman–Crippen MR) is 299 cm³/mol. The largest absolute Gasteiger partial charge is 0.508 e. The maximum atomic E-state index is 14.9. The standard InChI is InChI=1S/C54H46N12O9S5/c1-3-74-54(73)39-25-79-48(64-39)31-16-15-30-43(56-31)35-21-76-51(60-35)38-24-80-52(63-38)40-10-7-17-66(40)53(72)34(19-28-11-13-29(67)14-12-28)59-45(70)37-23-77-49(61-37)32(18-27-8-5-4-6-9-27)57-44(69)36-22-78-50(62-36)33(20-41(55)68)58-46(71)42-26(2)75-47(30)65-42/h4-6,8-9,11-16,21-25,32-34,40,67H,3,7,10,17-20H2,1-2H3,(H2,55,68)(H,57,69)(H,58,71)(H,59,70)/t32-,33-,34-,40-/m0/s1. The number of amides is 5. The van der Waals surface area contributed by atoms with Crippen LogP contribution in [0.2, 0.25) is 0 Å². The lowest BCUT2D eigenvalue weighted by Gasteiger charge is -2.28. The first-order valence-corrected chi connectivity index (χ1v) is 29.4. The number of thiazole rings is 5. The van der Waals surface area contributed by atoms with Crippen molar-refractivity contribution in [3.05, 3.63) is 148 Å². The Kier molecular flexibility index (Phi) is 15.5. The Morgan fingerprint density at radius 1 is 0.662 bits per heavy atom.